The van der Waals surface area contributed by atoms with Crippen molar-refractivity contribution in [3.05, 3.63) is 0 Å². The van der Waals surface area contributed by atoms with Gasteiger partial charge in [-0.3, -0.25) is 4.79 Å². The molecule has 88 valence electrons. The monoisotopic (exact) mass is 214 g/mol. The molecule has 1 fully saturated rings. The Labute approximate surface area is 92.0 Å². The molecule has 0 saturated carbocycles. The van der Waals surface area contributed by atoms with Gasteiger partial charge in [-0.2, -0.15) is 0 Å². The molecule has 0 bridgehead atoms. The van der Waals surface area contributed by atoms with Gasteiger partial charge in [-0.15, -0.1) is 0 Å². The molecule has 0 radical (unpaired) electrons. The minimum Gasteiger partial charge on any atom is -0.380 e. The maximum atomic E-state index is 11.7. The minimum absolute atomic E-state index is 0.199. The predicted molar refractivity (Wildman–Crippen MR) is 59.8 cm³/mol. The minimum atomic E-state index is 0.199. The molecule has 4 nitrogen and oxygen atoms in total. The van der Waals surface area contributed by atoms with E-state index in [2.05, 4.69) is 12.2 Å². The number of methoxy groups -OCH3 is 1. The Morgan fingerprint density at radius 3 is 3.07 bits per heavy atom. The van der Waals surface area contributed by atoms with Crippen LogP contribution in [0.3, 0.4) is 0 Å². The van der Waals surface area contributed by atoms with Crippen LogP contribution in [0.1, 0.15) is 26.2 Å². The zero-order chi connectivity index (χ0) is 11.1. The highest BCUT2D eigenvalue weighted by Gasteiger charge is 2.22. The summed E-state index contributed by atoms with van der Waals surface area (Å²) in [4.78, 5) is 13.6. The van der Waals surface area contributed by atoms with Crippen LogP contribution >= 0.6 is 0 Å². The average molecular weight is 214 g/mol. The van der Waals surface area contributed by atoms with Crippen LogP contribution in [0.5, 0.6) is 0 Å². The Hall–Kier alpha value is -0.610. The number of nitrogens with one attached hydrogen (secondary N) is 1. The van der Waals surface area contributed by atoms with Crippen LogP contribution in [0, 0.1) is 0 Å². The molecule has 1 heterocycles. The van der Waals surface area contributed by atoms with E-state index in [1.54, 1.807) is 7.11 Å². The van der Waals surface area contributed by atoms with Gasteiger partial charge in [-0.25, -0.2) is 0 Å². The van der Waals surface area contributed by atoms with Crippen molar-refractivity contribution in [2.45, 2.75) is 32.3 Å². The van der Waals surface area contributed by atoms with Crippen molar-refractivity contribution >= 4 is 5.91 Å². The van der Waals surface area contributed by atoms with E-state index in [0.29, 0.717) is 6.54 Å². The summed E-state index contributed by atoms with van der Waals surface area (Å²) in [6.45, 7) is 5.10. The Balaban J connectivity index is 2.25. The van der Waals surface area contributed by atoms with Crippen LogP contribution < -0.4 is 5.32 Å². The van der Waals surface area contributed by atoms with Crippen LogP contribution in [0.4, 0.5) is 0 Å². The second kappa shape index (κ2) is 6.80. The summed E-state index contributed by atoms with van der Waals surface area (Å²) in [7, 11) is 1.72. The summed E-state index contributed by atoms with van der Waals surface area (Å²) in [5, 5.41) is 3.13. The Kier molecular flexibility index (Phi) is 5.65. The van der Waals surface area contributed by atoms with Crippen molar-refractivity contribution < 1.29 is 9.53 Å². The number of piperidine rings is 1. The number of nitrogens with zero attached hydrogens (tertiary/aromatic N) is 1. The second-order valence-electron chi connectivity index (χ2n) is 4.02. The van der Waals surface area contributed by atoms with Crippen LogP contribution in [0.15, 0.2) is 0 Å². The topological polar surface area (TPSA) is 41.6 Å². The number of ether oxygens (including phenoxy) is 1. The molecule has 0 aromatic carbocycles. The van der Waals surface area contributed by atoms with Crippen molar-refractivity contribution in [1.29, 1.82) is 0 Å². The summed E-state index contributed by atoms with van der Waals surface area (Å²) in [6.07, 6.45) is 3.42. The third kappa shape index (κ3) is 4.18. The Morgan fingerprint density at radius 1 is 1.60 bits per heavy atom. The van der Waals surface area contributed by atoms with E-state index in [0.717, 1.165) is 38.9 Å². The standard InChI is InChI=1S/C11H22N2O2/c1-3-6-12-8-11(14)13-7-4-5-10(9-13)15-2/h10,12H,3-9H2,1-2H3. The van der Waals surface area contributed by atoms with E-state index in [-0.39, 0.29) is 12.0 Å². The quantitative estimate of drug-likeness (QED) is 0.682. The van der Waals surface area contributed by atoms with E-state index in [1.807, 2.05) is 4.90 Å². The van der Waals surface area contributed by atoms with Gasteiger partial charge in [0.05, 0.1) is 12.6 Å². The van der Waals surface area contributed by atoms with Crippen LogP contribution in [-0.4, -0.2) is 50.2 Å². The third-order valence-corrected chi connectivity index (χ3v) is 2.77. The van der Waals surface area contributed by atoms with E-state index in [1.165, 1.54) is 0 Å². The number of amides is 1. The number of carbonyl (C=O) groups excluding carboxylic acids is 1. The van der Waals surface area contributed by atoms with Crippen molar-refractivity contribution in [3.63, 3.8) is 0 Å². The SMILES string of the molecule is CCCNCC(=O)N1CCCC(OC)C1. The normalized spacial score (nSPS) is 21.7. The highest BCUT2D eigenvalue weighted by molar-refractivity contribution is 5.78. The van der Waals surface area contributed by atoms with Crippen molar-refractivity contribution in [3.8, 4) is 0 Å². The average Bonchev–Trinajstić information content (AvgIpc) is 2.29. The number of hydrogen-bond donors (Lipinski definition) is 1. The first-order chi connectivity index (χ1) is 7.27. The first-order valence-electron chi connectivity index (χ1n) is 5.79. The lowest BCUT2D eigenvalue weighted by Gasteiger charge is -2.32. The number of hydrogen-bond acceptors (Lipinski definition) is 3. The summed E-state index contributed by atoms with van der Waals surface area (Å²) >= 11 is 0. The highest BCUT2D eigenvalue weighted by Crippen LogP contribution is 2.12. The van der Waals surface area contributed by atoms with E-state index in [9.17, 15) is 4.79 Å². The van der Waals surface area contributed by atoms with Crippen molar-refractivity contribution in [1.82, 2.24) is 10.2 Å². The first kappa shape index (κ1) is 12.5. The molecule has 0 spiro atoms. The van der Waals surface area contributed by atoms with Crippen LogP contribution in [0.25, 0.3) is 0 Å². The molecule has 1 rings (SSSR count). The van der Waals surface area contributed by atoms with E-state index in [4.69, 9.17) is 4.74 Å². The Bertz CT molecular complexity index is 197. The first-order valence-corrected chi connectivity index (χ1v) is 5.79. The molecule has 1 aliphatic heterocycles. The molecule has 1 unspecified atom stereocenters. The van der Waals surface area contributed by atoms with Gasteiger partial charge in [0, 0.05) is 20.2 Å². The molecule has 0 aromatic rings. The molecule has 0 aromatic heterocycles. The molecule has 15 heavy (non-hydrogen) atoms. The largest absolute Gasteiger partial charge is 0.380 e. The number of rotatable bonds is 5. The summed E-state index contributed by atoms with van der Waals surface area (Å²) < 4.78 is 5.28. The van der Waals surface area contributed by atoms with Gasteiger partial charge in [-0.1, -0.05) is 6.92 Å². The predicted octanol–water partition coefficient (Wildman–Crippen LogP) is 0.623. The summed E-state index contributed by atoms with van der Waals surface area (Å²) in [5.74, 6) is 0.199. The number of likely N-dealkylation sites (tertiary alicyclic amines) is 1. The van der Waals surface area contributed by atoms with E-state index >= 15 is 0 Å². The highest BCUT2D eigenvalue weighted by atomic mass is 16.5. The second-order valence-corrected chi connectivity index (χ2v) is 4.02. The molecule has 1 N–H and O–H groups in total. The van der Waals surface area contributed by atoms with Crippen molar-refractivity contribution in [2.75, 3.05) is 33.3 Å². The van der Waals surface area contributed by atoms with Gasteiger partial charge in [0.2, 0.25) is 5.91 Å². The van der Waals surface area contributed by atoms with Gasteiger partial charge >= 0.3 is 0 Å². The smallest absolute Gasteiger partial charge is 0.236 e. The lowest BCUT2D eigenvalue weighted by Crippen LogP contribution is -2.46. The molecule has 0 aliphatic carbocycles. The van der Waals surface area contributed by atoms with Gasteiger partial charge in [0.25, 0.3) is 0 Å². The molecular weight excluding hydrogens is 192 g/mol. The maximum absolute atomic E-state index is 11.7. The third-order valence-electron chi connectivity index (χ3n) is 2.77. The summed E-state index contributed by atoms with van der Waals surface area (Å²) in [6, 6.07) is 0. The fourth-order valence-electron chi connectivity index (χ4n) is 1.84. The molecule has 1 amide bonds. The summed E-state index contributed by atoms with van der Waals surface area (Å²) in [5.41, 5.74) is 0. The fourth-order valence-corrected chi connectivity index (χ4v) is 1.84. The van der Waals surface area contributed by atoms with Crippen LogP contribution in [0.2, 0.25) is 0 Å². The van der Waals surface area contributed by atoms with Gasteiger partial charge in [0.1, 0.15) is 0 Å². The zero-order valence-electron chi connectivity index (χ0n) is 9.79. The Morgan fingerprint density at radius 2 is 2.40 bits per heavy atom. The van der Waals surface area contributed by atoms with Crippen molar-refractivity contribution in [2.24, 2.45) is 0 Å². The van der Waals surface area contributed by atoms with Crippen LogP contribution in [-0.2, 0) is 9.53 Å². The maximum Gasteiger partial charge on any atom is 0.236 e. The lowest BCUT2D eigenvalue weighted by molar-refractivity contribution is -0.133. The number of carbonyl (C=O) groups is 1. The lowest BCUT2D eigenvalue weighted by atomic mass is 10.1. The van der Waals surface area contributed by atoms with Gasteiger partial charge in [0.15, 0.2) is 0 Å². The molecule has 1 saturated heterocycles. The molecule has 4 heteroatoms. The van der Waals surface area contributed by atoms with E-state index < -0.39 is 0 Å². The molecular formula is C11H22N2O2. The fraction of sp³-hybridized carbons (Fsp3) is 0.909. The van der Waals surface area contributed by atoms with Gasteiger partial charge in [-0.05, 0) is 25.8 Å². The molecule has 1 aliphatic rings. The zero-order valence-corrected chi connectivity index (χ0v) is 9.79. The van der Waals surface area contributed by atoms with Gasteiger partial charge < -0.3 is 15.0 Å². The molecule has 1 atom stereocenters.